The van der Waals surface area contributed by atoms with Gasteiger partial charge in [-0.3, -0.25) is 28.8 Å². The second-order valence-electron chi connectivity index (χ2n) is 23.2. The van der Waals surface area contributed by atoms with Crippen LogP contribution in [-0.4, -0.2) is 74.5 Å². The Kier molecular flexibility index (Phi) is 66.6. The minimum atomic E-state index is -0.781. The van der Waals surface area contributed by atoms with Crippen molar-refractivity contribution >= 4 is 35.8 Å². The lowest BCUT2D eigenvalue weighted by Gasteiger charge is -2.18. The molecule has 0 aliphatic heterocycles. The normalized spacial score (nSPS) is 11.4. The molecule has 0 atom stereocenters. The molecule has 0 aliphatic rings. The Morgan fingerprint density at radius 1 is 0.226 bits per heavy atom. The quantitative estimate of drug-likeness (QED) is 0.0246. The van der Waals surface area contributed by atoms with E-state index in [9.17, 15) is 28.8 Å². The first-order valence-corrected chi connectivity index (χ1v) is 35.0. The van der Waals surface area contributed by atoms with Crippen LogP contribution in [0.4, 0.5) is 0 Å². The molecule has 0 N–H and O–H groups in total. The van der Waals surface area contributed by atoms with E-state index in [0.29, 0.717) is 51.4 Å². The SMILES string of the molecule is CCCC(=O)OCC(COC(=O)CCC)OC(=O)CCC.CCCCCCCC/C=C/CCCCCCCC(=O)OCC(COC(=O)CCCCCCC/C=C/CCCCCCCC)OC(=O)CCCCCCC/C=C/CCCCCCCC. The van der Waals surface area contributed by atoms with Crippen molar-refractivity contribution in [1.29, 1.82) is 0 Å². The molecule has 0 aromatic heterocycles. The molecule has 490 valence electrons. The van der Waals surface area contributed by atoms with Gasteiger partial charge in [-0.2, -0.15) is 0 Å². The zero-order valence-electron chi connectivity index (χ0n) is 55.3. The van der Waals surface area contributed by atoms with Crippen LogP contribution in [0.25, 0.3) is 0 Å². The highest BCUT2D eigenvalue weighted by atomic mass is 16.6. The minimum absolute atomic E-state index is 0.0806. The van der Waals surface area contributed by atoms with Crippen LogP contribution in [0.2, 0.25) is 0 Å². The average molecular weight is 1190 g/mol. The molecule has 0 radical (unpaired) electrons. The lowest BCUT2D eigenvalue weighted by atomic mass is 10.1. The average Bonchev–Trinajstić information content (AvgIpc) is 3.52. The molecule has 12 heteroatoms. The van der Waals surface area contributed by atoms with E-state index in [2.05, 4.69) is 57.2 Å². The van der Waals surface area contributed by atoms with E-state index >= 15 is 0 Å². The van der Waals surface area contributed by atoms with Crippen molar-refractivity contribution in [3.05, 3.63) is 36.5 Å². The van der Waals surface area contributed by atoms with Gasteiger partial charge in [-0.1, -0.05) is 232 Å². The standard InChI is InChI=1S/C57H104O6.C15H26O6/c1-4-7-10-13-16-19-22-25-28-31-34-37-40-43-46-49-55(58)61-52-54(63-57(60)51-48-45-42-39-36-33-30-27-24-21-18-15-12-9-6-3)53-62-56(59)50-47-44-41-38-35-32-29-26-23-20-17-14-11-8-5-2;1-4-7-13(16)19-10-12(21-15(18)9-6-3)11-20-14(17)8-5-2/h25-30,54H,4-24,31-53H2,1-3H3;12H,4-11H2,1-3H3/b28-25+,29-26+,30-27+;. The molecular weight excluding hydrogens is 1060 g/mol. The molecule has 84 heavy (non-hydrogen) atoms. The summed E-state index contributed by atoms with van der Waals surface area (Å²) in [5.74, 6) is -1.99. The van der Waals surface area contributed by atoms with Gasteiger partial charge >= 0.3 is 35.8 Å². The van der Waals surface area contributed by atoms with E-state index in [1.54, 1.807) is 0 Å². The summed E-state index contributed by atoms with van der Waals surface area (Å²) < 4.78 is 32.0. The van der Waals surface area contributed by atoms with Crippen LogP contribution in [0.5, 0.6) is 0 Å². The highest BCUT2D eigenvalue weighted by molar-refractivity contribution is 5.72. The predicted octanol–water partition coefficient (Wildman–Crippen LogP) is 20.5. The highest BCUT2D eigenvalue weighted by Gasteiger charge is 2.21. The van der Waals surface area contributed by atoms with Crippen LogP contribution in [0.1, 0.15) is 350 Å². The maximum absolute atomic E-state index is 12.8. The fourth-order valence-corrected chi connectivity index (χ4v) is 9.39. The van der Waals surface area contributed by atoms with Crippen molar-refractivity contribution in [2.24, 2.45) is 0 Å². The maximum Gasteiger partial charge on any atom is 0.306 e. The molecule has 0 aromatic carbocycles. The van der Waals surface area contributed by atoms with Crippen LogP contribution in [0.15, 0.2) is 36.5 Å². The molecular formula is C72H130O12. The predicted molar refractivity (Wildman–Crippen MR) is 347 cm³/mol. The minimum Gasteiger partial charge on any atom is -0.462 e. The van der Waals surface area contributed by atoms with E-state index in [1.165, 1.54) is 173 Å². The first-order valence-electron chi connectivity index (χ1n) is 35.0. The molecule has 12 nitrogen and oxygen atoms in total. The number of hydrogen-bond acceptors (Lipinski definition) is 12. The van der Waals surface area contributed by atoms with Crippen LogP contribution in [0, 0.1) is 0 Å². The second-order valence-corrected chi connectivity index (χ2v) is 23.2. The number of unbranched alkanes of at least 4 members (excludes halogenated alkanes) is 33. The second kappa shape index (κ2) is 68.2. The molecule has 0 spiro atoms. The number of esters is 6. The first-order chi connectivity index (χ1) is 41.1. The Morgan fingerprint density at radius 3 is 0.667 bits per heavy atom. The third-order valence-electron chi connectivity index (χ3n) is 14.6. The van der Waals surface area contributed by atoms with Gasteiger partial charge in [-0.15, -0.1) is 0 Å². The third-order valence-corrected chi connectivity index (χ3v) is 14.6. The van der Waals surface area contributed by atoms with Crippen molar-refractivity contribution in [3.63, 3.8) is 0 Å². The molecule has 0 saturated carbocycles. The van der Waals surface area contributed by atoms with Crippen molar-refractivity contribution < 1.29 is 57.2 Å². The van der Waals surface area contributed by atoms with Crippen LogP contribution >= 0.6 is 0 Å². The van der Waals surface area contributed by atoms with Crippen molar-refractivity contribution in [3.8, 4) is 0 Å². The summed E-state index contributed by atoms with van der Waals surface area (Å²) >= 11 is 0. The monoisotopic (exact) mass is 1190 g/mol. The molecule has 0 saturated heterocycles. The van der Waals surface area contributed by atoms with Gasteiger partial charge in [0, 0.05) is 38.5 Å². The van der Waals surface area contributed by atoms with Gasteiger partial charge in [0.15, 0.2) is 12.2 Å². The number of allylic oxidation sites excluding steroid dienone is 6. The summed E-state index contributed by atoms with van der Waals surface area (Å²) in [6, 6.07) is 0. The third kappa shape index (κ3) is 65.6. The molecule has 0 unspecified atom stereocenters. The molecule has 0 aromatic rings. The smallest absolute Gasteiger partial charge is 0.306 e. The van der Waals surface area contributed by atoms with Gasteiger partial charge in [0.2, 0.25) is 0 Å². The van der Waals surface area contributed by atoms with Crippen LogP contribution in [0.3, 0.4) is 0 Å². The Bertz CT molecular complexity index is 1510. The van der Waals surface area contributed by atoms with E-state index in [1.807, 2.05) is 20.8 Å². The summed E-state index contributed by atoms with van der Waals surface area (Å²) in [4.78, 5) is 72.2. The Hall–Kier alpha value is -3.96. The molecule has 0 fully saturated rings. The van der Waals surface area contributed by atoms with Crippen molar-refractivity contribution in [1.82, 2.24) is 0 Å². The summed E-state index contributed by atoms with van der Waals surface area (Å²) in [5, 5.41) is 0. The summed E-state index contributed by atoms with van der Waals surface area (Å²) in [6.07, 6.45) is 63.4. The van der Waals surface area contributed by atoms with E-state index in [4.69, 9.17) is 28.4 Å². The molecule has 0 rings (SSSR count). The van der Waals surface area contributed by atoms with Gasteiger partial charge in [0.05, 0.1) is 0 Å². The van der Waals surface area contributed by atoms with E-state index < -0.39 is 12.2 Å². The van der Waals surface area contributed by atoms with Crippen molar-refractivity contribution in [2.45, 2.75) is 362 Å². The Labute approximate surface area is 515 Å². The zero-order valence-corrected chi connectivity index (χ0v) is 55.3. The number of carbonyl (C=O) groups excluding carboxylic acids is 6. The zero-order chi connectivity index (χ0) is 61.9. The van der Waals surface area contributed by atoms with Crippen LogP contribution < -0.4 is 0 Å². The number of hydrogen-bond donors (Lipinski definition) is 0. The largest absolute Gasteiger partial charge is 0.462 e. The summed E-state index contributed by atoms with van der Waals surface area (Å²) in [7, 11) is 0. The summed E-state index contributed by atoms with van der Waals surface area (Å²) in [5.41, 5.74) is 0. The topological polar surface area (TPSA) is 158 Å². The first kappa shape index (κ1) is 82.1. The Balaban J connectivity index is 0. The molecule has 0 amide bonds. The molecule has 0 heterocycles. The highest BCUT2D eigenvalue weighted by Crippen LogP contribution is 2.15. The lowest BCUT2D eigenvalue weighted by Crippen LogP contribution is -2.30. The van der Waals surface area contributed by atoms with Gasteiger partial charge in [-0.25, -0.2) is 0 Å². The van der Waals surface area contributed by atoms with Gasteiger partial charge < -0.3 is 28.4 Å². The van der Waals surface area contributed by atoms with Crippen LogP contribution in [-0.2, 0) is 57.2 Å². The van der Waals surface area contributed by atoms with E-state index in [-0.39, 0.29) is 68.7 Å². The number of rotatable bonds is 61. The van der Waals surface area contributed by atoms with E-state index in [0.717, 1.165) is 77.0 Å². The Morgan fingerprint density at radius 2 is 0.417 bits per heavy atom. The van der Waals surface area contributed by atoms with Gasteiger partial charge in [0.25, 0.3) is 0 Å². The lowest BCUT2D eigenvalue weighted by molar-refractivity contribution is -0.167. The van der Waals surface area contributed by atoms with Crippen molar-refractivity contribution in [2.75, 3.05) is 26.4 Å². The maximum atomic E-state index is 12.8. The number of ether oxygens (including phenoxy) is 6. The fourth-order valence-electron chi connectivity index (χ4n) is 9.39. The molecule has 0 aliphatic carbocycles. The number of carbonyl (C=O) groups is 6. The van der Waals surface area contributed by atoms with Gasteiger partial charge in [-0.05, 0) is 116 Å². The van der Waals surface area contributed by atoms with Gasteiger partial charge in [0.1, 0.15) is 26.4 Å². The molecule has 0 bridgehead atoms. The fraction of sp³-hybridized carbons (Fsp3) is 0.833. The summed E-state index contributed by atoms with van der Waals surface area (Å²) in [6.45, 7) is 12.0.